The molecule has 1 unspecified atom stereocenters. The minimum absolute atomic E-state index is 0.147. The summed E-state index contributed by atoms with van der Waals surface area (Å²) in [6.45, 7) is 10.4. The van der Waals surface area contributed by atoms with E-state index in [1.165, 1.54) is 0 Å². The third-order valence-electron chi connectivity index (χ3n) is 3.37. The molecule has 0 aliphatic rings. The topological polar surface area (TPSA) is 55.9 Å². The van der Waals surface area contributed by atoms with E-state index in [1.54, 1.807) is 6.33 Å². The van der Waals surface area contributed by atoms with E-state index in [2.05, 4.69) is 36.2 Å². The van der Waals surface area contributed by atoms with Gasteiger partial charge in [0.25, 0.3) is 0 Å². The van der Waals surface area contributed by atoms with Crippen LogP contribution in [0.5, 0.6) is 0 Å². The standard InChI is InChI=1S/C16H26N4O/c1-5-8-17-14(15-7-6-13(4)21-15)9-16-18-11-19-20(16)10-12(2)3/h6-7,11-12,14,17H,5,8-10H2,1-4H3. The van der Waals surface area contributed by atoms with Gasteiger partial charge in [-0.15, -0.1) is 0 Å². The lowest BCUT2D eigenvalue weighted by atomic mass is 10.1. The fraction of sp³-hybridized carbons (Fsp3) is 0.625. The first-order chi connectivity index (χ1) is 10.1. The van der Waals surface area contributed by atoms with Crippen LogP contribution < -0.4 is 5.32 Å². The molecule has 0 saturated carbocycles. The average molecular weight is 290 g/mol. The molecule has 116 valence electrons. The second-order valence-electron chi connectivity index (χ2n) is 5.91. The maximum atomic E-state index is 5.79. The van der Waals surface area contributed by atoms with Crippen molar-refractivity contribution in [1.82, 2.24) is 20.1 Å². The highest BCUT2D eigenvalue weighted by molar-refractivity contribution is 5.11. The summed E-state index contributed by atoms with van der Waals surface area (Å²) in [5.41, 5.74) is 0. The molecule has 1 N–H and O–H groups in total. The fourth-order valence-electron chi connectivity index (χ4n) is 2.36. The number of furan rings is 1. The molecule has 2 heterocycles. The van der Waals surface area contributed by atoms with Crippen LogP contribution in [0.2, 0.25) is 0 Å². The van der Waals surface area contributed by atoms with E-state index < -0.39 is 0 Å². The number of aromatic nitrogens is 3. The van der Waals surface area contributed by atoms with Crippen LogP contribution in [0.3, 0.4) is 0 Å². The number of rotatable bonds is 8. The zero-order valence-electron chi connectivity index (χ0n) is 13.5. The molecule has 0 aliphatic heterocycles. The summed E-state index contributed by atoms with van der Waals surface area (Å²) >= 11 is 0. The van der Waals surface area contributed by atoms with Gasteiger partial charge in [0.2, 0.25) is 0 Å². The maximum absolute atomic E-state index is 5.79. The summed E-state index contributed by atoms with van der Waals surface area (Å²) in [6.07, 6.45) is 3.52. The molecule has 0 saturated heterocycles. The smallest absolute Gasteiger partial charge is 0.138 e. The molecule has 0 fully saturated rings. The van der Waals surface area contributed by atoms with Gasteiger partial charge in [-0.2, -0.15) is 5.10 Å². The predicted molar refractivity (Wildman–Crippen MR) is 83.0 cm³/mol. The van der Waals surface area contributed by atoms with Crippen molar-refractivity contribution < 1.29 is 4.42 Å². The van der Waals surface area contributed by atoms with E-state index >= 15 is 0 Å². The number of hydrogen-bond donors (Lipinski definition) is 1. The molecule has 0 aliphatic carbocycles. The largest absolute Gasteiger partial charge is 0.465 e. The van der Waals surface area contributed by atoms with Gasteiger partial charge in [-0.1, -0.05) is 20.8 Å². The van der Waals surface area contributed by atoms with Crippen LogP contribution in [0.15, 0.2) is 22.9 Å². The summed E-state index contributed by atoms with van der Waals surface area (Å²) < 4.78 is 7.79. The van der Waals surface area contributed by atoms with E-state index in [1.807, 2.05) is 23.7 Å². The number of hydrogen-bond acceptors (Lipinski definition) is 4. The van der Waals surface area contributed by atoms with E-state index in [9.17, 15) is 0 Å². The zero-order valence-corrected chi connectivity index (χ0v) is 13.5. The summed E-state index contributed by atoms with van der Waals surface area (Å²) in [5, 5.41) is 7.88. The minimum atomic E-state index is 0.147. The van der Waals surface area contributed by atoms with Gasteiger partial charge in [0.05, 0.1) is 6.04 Å². The highest BCUT2D eigenvalue weighted by Gasteiger charge is 2.18. The second-order valence-corrected chi connectivity index (χ2v) is 5.91. The molecule has 0 amide bonds. The van der Waals surface area contributed by atoms with Crippen molar-refractivity contribution in [3.63, 3.8) is 0 Å². The van der Waals surface area contributed by atoms with E-state index in [-0.39, 0.29) is 6.04 Å². The van der Waals surface area contributed by atoms with Crippen molar-refractivity contribution in [2.24, 2.45) is 5.92 Å². The molecule has 5 nitrogen and oxygen atoms in total. The molecule has 1 atom stereocenters. The molecular formula is C16H26N4O. The Morgan fingerprint density at radius 3 is 2.76 bits per heavy atom. The van der Waals surface area contributed by atoms with Crippen molar-refractivity contribution in [2.45, 2.75) is 53.1 Å². The SMILES string of the molecule is CCCNC(Cc1ncnn1CC(C)C)c1ccc(C)o1. The normalized spacial score (nSPS) is 13.0. The molecule has 5 heteroatoms. The molecule has 2 rings (SSSR count). The van der Waals surface area contributed by atoms with Gasteiger partial charge in [-0.25, -0.2) is 9.67 Å². The van der Waals surface area contributed by atoms with Crippen LogP contribution in [-0.4, -0.2) is 21.3 Å². The monoisotopic (exact) mass is 290 g/mol. The van der Waals surface area contributed by atoms with Gasteiger partial charge in [-0.05, 0) is 37.9 Å². The van der Waals surface area contributed by atoms with Gasteiger partial charge in [-0.3, -0.25) is 0 Å². The lowest BCUT2D eigenvalue weighted by molar-refractivity contribution is 0.383. The van der Waals surface area contributed by atoms with Crippen molar-refractivity contribution in [3.8, 4) is 0 Å². The summed E-state index contributed by atoms with van der Waals surface area (Å²) in [6, 6.07) is 4.20. The van der Waals surface area contributed by atoms with Crippen molar-refractivity contribution in [3.05, 3.63) is 35.8 Å². The number of aryl methyl sites for hydroxylation is 1. The van der Waals surface area contributed by atoms with Gasteiger partial charge < -0.3 is 9.73 Å². The van der Waals surface area contributed by atoms with Crippen LogP contribution in [0.4, 0.5) is 0 Å². The highest BCUT2D eigenvalue weighted by atomic mass is 16.3. The van der Waals surface area contributed by atoms with Gasteiger partial charge in [0.15, 0.2) is 0 Å². The molecule has 0 radical (unpaired) electrons. The third kappa shape index (κ3) is 4.43. The molecule has 2 aromatic rings. The first-order valence-corrected chi connectivity index (χ1v) is 7.76. The minimum Gasteiger partial charge on any atom is -0.465 e. The second kappa shape index (κ2) is 7.41. The van der Waals surface area contributed by atoms with E-state index in [4.69, 9.17) is 4.42 Å². The Morgan fingerprint density at radius 2 is 2.14 bits per heavy atom. The molecule has 21 heavy (non-hydrogen) atoms. The van der Waals surface area contributed by atoms with Gasteiger partial charge in [0, 0.05) is 13.0 Å². The Labute approximate surface area is 126 Å². The van der Waals surface area contributed by atoms with Crippen LogP contribution >= 0.6 is 0 Å². The Morgan fingerprint density at radius 1 is 1.33 bits per heavy atom. The fourth-order valence-corrected chi connectivity index (χ4v) is 2.36. The Bertz CT molecular complexity index is 544. The summed E-state index contributed by atoms with van der Waals surface area (Å²) in [7, 11) is 0. The lowest BCUT2D eigenvalue weighted by Crippen LogP contribution is -2.25. The van der Waals surface area contributed by atoms with Crippen LogP contribution in [-0.2, 0) is 13.0 Å². The average Bonchev–Trinajstić information content (AvgIpc) is 3.03. The quantitative estimate of drug-likeness (QED) is 0.811. The third-order valence-corrected chi connectivity index (χ3v) is 3.37. The summed E-state index contributed by atoms with van der Waals surface area (Å²) in [4.78, 5) is 4.42. The van der Waals surface area contributed by atoms with Crippen LogP contribution in [0.25, 0.3) is 0 Å². The lowest BCUT2D eigenvalue weighted by Gasteiger charge is -2.17. The Hall–Kier alpha value is -1.62. The summed E-state index contributed by atoms with van der Waals surface area (Å²) in [5.74, 6) is 3.47. The van der Waals surface area contributed by atoms with Crippen LogP contribution in [0, 0.1) is 12.8 Å². The van der Waals surface area contributed by atoms with Gasteiger partial charge >= 0.3 is 0 Å². The Kier molecular flexibility index (Phi) is 5.56. The van der Waals surface area contributed by atoms with Crippen molar-refractivity contribution in [1.29, 1.82) is 0 Å². The van der Waals surface area contributed by atoms with E-state index in [0.29, 0.717) is 5.92 Å². The maximum Gasteiger partial charge on any atom is 0.138 e. The molecule has 2 aromatic heterocycles. The first kappa shape index (κ1) is 15.8. The van der Waals surface area contributed by atoms with Crippen molar-refractivity contribution in [2.75, 3.05) is 6.54 Å². The first-order valence-electron chi connectivity index (χ1n) is 7.76. The van der Waals surface area contributed by atoms with E-state index in [0.717, 1.165) is 43.3 Å². The van der Waals surface area contributed by atoms with Crippen LogP contribution in [0.1, 0.15) is 50.6 Å². The predicted octanol–water partition coefficient (Wildman–Crippen LogP) is 3.12. The zero-order chi connectivity index (χ0) is 15.2. The molecule has 0 aromatic carbocycles. The molecular weight excluding hydrogens is 264 g/mol. The Balaban J connectivity index is 2.13. The van der Waals surface area contributed by atoms with Crippen molar-refractivity contribution >= 4 is 0 Å². The van der Waals surface area contributed by atoms with Gasteiger partial charge in [0.1, 0.15) is 23.7 Å². The highest BCUT2D eigenvalue weighted by Crippen LogP contribution is 2.20. The molecule has 0 bridgehead atoms. The molecule has 0 spiro atoms. The number of nitrogens with zero attached hydrogens (tertiary/aromatic N) is 3. The number of nitrogens with one attached hydrogen (secondary N) is 1.